The molecular formula is C75H118O6. The van der Waals surface area contributed by atoms with Gasteiger partial charge in [-0.1, -0.05) is 262 Å². The maximum atomic E-state index is 12.9. The van der Waals surface area contributed by atoms with Gasteiger partial charge in [-0.15, -0.1) is 0 Å². The summed E-state index contributed by atoms with van der Waals surface area (Å²) in [5.74, 6) is -1.00. The van der Waals surface area contributed by atoms with Crippen LogP contribution in [0.2, 0.25) is 0 Å². The van der Waals surface area contributed by atoms with Crippen molar-refractivity contribution in [3.63, 3.8) is 0 Å². The van der Waals surface area contributed by atoms with E-state index < -0.39 is 6.10 Å². The normalized spacial score (nSPS) is 13.3. The molecule has 0 saturated carbocycles. The van der Waals surface area contributed by atoms with Gasteiger partial charge in [-0.2, -0.15) is 0 Å². The van der Waals surface area contributed by atoms with Gasteiger partial charge in [-0.3, -0.25) is 14.4 Å². The zero-order chi connectivity index (χ0) is 58.5. The third-order valence-corrected chi connectivity index (χ3v) is 13.2. The predicted octanol–water partition coefficient (Wildman–Crippen LogP) is 22.7. The molecule has 0 aliphatic rings. The first-order valence-electron chi connectivity index (χ1n) is 32.6. The van der Waals surface area contributed by atoms with Crippen LogP contribution in [-0.2, 0) is 28.6 Å². The van der Waals surface area contributed by atoms with Gasteiger partial charge < -0.3 is 14.2 Å². The molecule has 0 aliphatic heterocycles. The highest BCUT2D eigenvalue weighted by atomic mass is 16.6. The molecule has 0 N–H and O–H groups in total. The van der Waals surface area contributed by atoms with E-state index >= 15 is 0 Å². The minimum absolute atomic E-state index is 0.115. The van der Waals surface area contributed by atoms with Crippen LogP contribution in [0.1, 0.15) is 265 Å². The van der Waals surface area contributed by atoms with E-state index in [1.54, 1.807) is 0 Å². The lowest BCUT2D eigenvalue weighted by molar-refractivity contribution is -0.167. The van der Waals surface area contributed by atoms with E-state index in [0.717, 1.165) is 135 Å². The molecule has 0 aromatic rings. The van der Waals surface area contributed by atoms with Gasteiger partial charge in [0.15, 0.2) is 6.10 Å². The number of esters is 3. The summed E-state index contributed by atoms with van der Waals surface area (Å²) in [4.78, 5) is 38.4. The summed E-state index contributed by atoms with van der Waals surface area (Å²) in [7, 11) is 0. The van der Waals surface area contributed by atoms with Crippen LogP contribution in [0.15, 0.2) is 170 Å². The maximum absolute atomic E-state index is 12.9. The van der Waals surface area contributed by atoms with Crippen molar-refractivity contribution in [1.82, 2.24) is 0 Å². The first kappa shape index (κ1) is 75.8. The molecule has 454 valence electrons. The average molecular weight is 1120 g/mol. The second-order valence-corrected chi connectivity index (χ2v) is 20.9. The Kier molecular flexibility index (Phi) is 62.9. The molecule has 0 rings (SSSR count). The van der Waals surface area contributed by atoms with E-state index in [1.165, 1.54) is 77.0 Å². The smallest absolute Gasteiger partial charge is 0.306 e. The summed E-state index contributed by atoms with van der Waals surface area (Å²) in [5.41, 5.74) is 0. The van der Waals surface area contributed by atoms with Gasteiger partial charge in [0, 0.05) is 19.3 Å². The van der Waals surface area contributed by atoms with Gasteiger partial charge in [0.05, 0.1) is 0 Å². The van der Waals surface area contributed by atoms with Crippen molar-refractivity contribution in [2.75, 3.05) is 13.2 Å². The third kappa shape index (κ3) is 65.5. The third-order valence-electron chi connectivity index (χ3n) is 13.2. The molecule has 0 spiro atoms. The van der Waals surface area contributed by atoms with Crippen LogP contribution in [0.5, 0.6) is 0 Å². The van der Waals surface area contributed by atoms with Crippen LogP contribution in [0.25, 0.3) is 0 Å². The van der Waals surface area contributed by atoms with Gasteiger partial charge >= 0.3 is 17.9 Å². The lowest BCUT2D eigenvalue weighted by atomic mass is 10.1. The van der Waals surface area contributed by atoms with Crippen molar-refractivity contribution in [3.8, 4) is 0 Å². The number of carbonyl (C=O) groups is 3. The minimum Gasteiger partial charge on any atom is -0.462 e. The SMILES string of the molecule is CC/C=C\C/C=C\C/C=C\C/C=C\C/C=C\C/C=C\C/C=C\C/C=C\CCCCC(=O)OCC(COC(=O)CCCCCCCCC/C=C\CCCCCCCC)OC(=O)CCCCC/C=C\C/C=C\C/C=C\C/C=C\C/C=C\CC. The molecule has 0 fully saturated rings. The van der Waals surface area contributed by atoms with E-state index in [0.29, 0.717) is 19.3 Å². The number of hydrogen-bond acceptors (Lipinski definition) is 6. The molecule has 0 aliphatic carbocycles. The molecule has 1 atom stereocenters. The molecule has 1 unspecified atom stereocenters. The Balaban J connectivity index is 4.55. The van der Waals surface area contributed by atoms with Gasteiger partial charge in [0.25, 0.3) is 0 Å². The summed E-state index contributed by atoms with van der Waals surface area (Å²) in [5, 5.41) is 0. The zero-order valence-electron chi connectivity index (χ0n) is 52.0. The Morgan fingerprint density at radius 1 is 0.259 bits per heavy atom. The quantitative estimate of drug-likeness (QED) is 0.0261. The Labute approximate surface area is 498 Å². The number of allylic oxidation sites excluding steroid dienone is 28. The molecule has 0 bridgehead atoms. The highest BCUT2D eigenvalue weighted by Gasteiger charge is 2.19. The van der Waals surface area contributed by atoms with Gasteiger partial charge in [0.1, 0.15) is 13.2 Å². The summed E-state index contributed by atoms with van der Waals surface area (Å²) in [6.07, 6.45) is 99.3. The highest BCUT2D eigenvalue weighted by molar-refractivity contribution is 5.71. The lowest BCUT2D eigenvalue weighted by Gasteiger charge is -2.18. The molecular weight excluding hydrogens is 997 g/mol. The van der Waals surface area contributed by atoms with Crippen LogP contribution in [0.3, 0.4) is 0 Å². The maximum Gasteiger partial charge on any atom is 0.306 e. The van der Waals surface area contributed by atoms with Crippen molar-refractivity contribution in [1.29, 1.82) is 0 Å². The highest BCUT2D eigenvalue weighted by Crippen LogP contribution is 2.14. The second-order valence-electron chi connectivity index (χ2n) is 20.9. The number of ether oxygens (including phenoxy) is 3. The molecule has 0 aromatic heterocycles. The predicted molar refractivity (Wildman–Crippen MR) is 352 cm³/mol. The Bertz CT molecular complexity index is 1860. The molecule has 81 heavy (non-hydrogen) atoms. The van der Waals surface area contributed by atoms with Gasteiger partial charge in [-0.25, -0.2) is 0 Å². The Morgan fingerprint density at radius 3 is 0.802 bits per heavy atom. The summed E-state index contributed by atoms with van der Waals surface area (Å²) < 4.78 is 16.9. The van der Waals surface area contributed by atoms with Crippen LogP contribution in [0.4, 0.5) is 0 Å². The number of hydrogen-bond donors (Lipinski definition) is 0. The molecule has 6 nitrogen and oxygen atoms in total. The van der Waals surface area contributed by atoms with Gasteiger partial charge in [-0.05, 0) is 154 Å². The van der Waals surface area contributed by atoms with E-state index in [4.69, 9.17) is 14.2 Å². The minimum atomic E-state index is -0.826. The number of carbonyl (C=O) groups excluding carboxylic acids is 3. The molecule has 0 heterocycles. The average Bonchev–Trinajstić information content (AvgIpc) is 3.47. The summed E-state index contributed by atoms with van der Waals surface area (Å²) in [6, 6.07) is 0. The zero-order valence-corrected chi connectivity index (χ0v) is 52.0. The largest absolute Gasteiger partial charge is 0.462 e. The van der Waals surface area contributed by atoms with E-state index in [1.807, 2.05) is 0 Å². The van der Waals surface area contributed by atoms with Crippen molar-refractivity contribution in [3.05, 3.63) is 170 Å². The Hall–Kier alpha value is -5.23. The standard InChI is InChI=1S/C75H118O6/c1-4-7-10-13-16-19-22-25-28-31-33-34-35-36-37-38-39-40-42-44-47-50-53-56-59-62-65-68-74(77)80-71-72(70-79-73(76)67-64-61-58-55-52-49-46-43-30-27-24-21-18-15-12-9-6-3)81-75(78)69-66-63-60-57-54-51-48-45-41-32-29-26-23-20-17-14-11-8-5-2/h7-8,10-11,16-17,19-20,25-30,33-34,36-37,39-41,44-45,47,51,53-54,56,72H,4-6,9,12-15,18,21-24,31-32,35,38,42-43,46,48-50,52,55,57-71H2,1-3H3/b10-7-,11-8-,19-16-,20-17-,28-25-,29-26-,30-27-,34-33-,37-36-,40-39-,45-41-,47-44-,54-51-,56-53-. The number of unbranched alkanes of at least 4 members (excludes halogenated alkanes) is 18. The van der Waals surface area contributed by atoms with Crippen LogP contribution in [0, 0.1) is 0 Å². The second kappa shape index (κ2) is 67.3. The number of rotatable bonds is 57. The molecule has 0 aromatic carbocycles. The van der Waals surface area contributed by atoms with E-state index in [9.17, 15) is 14.4 Å². The van der Waals surface area contributed by atoms with Crippen LogP contribution >= 0.6 is 0 Å². The lowest BCUT2D eigenvalue weighted by Crippen LogP contribution is -2.30. The fraction of sp³-hybridized carbons (Fsp3) is 0.587. The fourth-order valence-electron chi connectivity index (χ4n) is 8.36. The van der Waals surface area contributed by atoms with Crippen molar-refractivity contribution in [2.24, 2.45) is 0 Å². The van der Waals surface area contributed by atoms with Crippen LogP contribution < -0.4 is 0 Å². The van der Waals surface area contributed by atoms with Crippen LogP contribution in [-0.4, -0.2) is 37.2 Å². The van der Waals surface area contributed by atoms with Gasteiger partial charge in [0.2, 0.25) is 0 Å². The summed E-state index contributed by atoms with van der Waals surface area (Å²) >= 11 is 0. The van der Waals surface area contributed by atoms with E-state index in [-0.39, 0.29) is 44.0 Å². The topological polar surface area (TPSA) is 78.9 Å². The van der Waals surface area contributed by atoms with Crippen molar-refractivity contribution < 1.29 is 28.6 Å². The molecule has 6 heteroatoms. The molecule has 0 radical (unpaired) electrons. The fourth-order valence-corrected chi connectivity index (χ4v) is 8.36. The first-order chi connectivity index (χ1) is 40.0. The summed E-state index contributed by atoms with van der Waals surface area (Å²) in [6.45, 7) is 6.34. The molecule has 0 saturated heterocycles. The van der Waals surface area contributed by atoms with Crippen molar-refractivity contribution in [2.45, 2.75) is 271 Å². The van der Waals surface area contributed by atoms with Crippen molar-refractivity contribution >= 4 is 17.9 Å². The first-order valence-corrected chi connectivity index (χ1v) is 32.6. The molecule has 0 amide bonds. The monoisotopic (exact) mass is 1110 g/mol. The Morgan fingerprint density at radius 2 is 0.481 bits per heavy atom. The van der Waals surface area contributed by atoms with E-state index in [2.05, 4.69) is 191 Å².